The van der Waals surface area contributed by atoms with Crippen molar-refractivity contribution < 1.29 is 14.6 Å². The van der Waals surface area contributed by atoms with Crippen molar-refractivity contribution in [2.75, 3.05) is 6.61 Å². The van der Waals surface area contributed by atoms with Crippen molar-refractivity contribution in [1.82, 2.24) is 5.32 Å². The number of benzene rings is 1. The molecule has 0 saturated carbocycles. The molecule has 0 aliphatic rings. The summed E-state index contributed by atoms with van der Waals surface area (Å²) in [5, 5.41) is 11.0. The fourth-order valence-electron chi connectivity index (χ4n) is 1.12. The highest BCUT2D eigenvalue weighted by Crippen LogP contribution is 2.15. The number of halogens is 1. The van der Waals surface area contributed by atoms with Gasteiger partial charge >= 0.3 is 6.09 Å². The number of ether oxygens (including phenoxy) is 1. The highest BCUT2D eigenvalue weighted by molar-refractivity contribution is 14.1. The smallest absolute Gasteiger partial charge is 0.405 e. The minimum atomic E-state index is -1.05. The summed E-state index contributed by atoms with van der Waals surface area (Å²) in [5.74, 6) is 0.737. The van der Waals surface area contributed by atoms with Crippen molar-refractivity contribution in [3.8, 4) is 5.75 Å². The first-order valence-electron chi connectivity index (χ1n) is 4.78. The monoisotopic (exact) mass is 335 g/mol. The third kappa shape index (κ3) is 4.69. The van der Waals surface area contributed by atoms with E-state index in [2.05, 4.69) is 27.9 Å². The average molecular weight is 335 g/mol. The van der Waals surface area contributed by atoms with Crippen molar-refractivity contribution in [1.29, 1.82) is 0 Å². The third-order valence-electron chi connectivity index (χ3n) is 1.86. The Labute approximate surface area is 108 Å². The number of hydrogen-bond acceptors (Lipinski definition) is 2. The first-order chi connectivity index (χ1) is 7.39. The van der Waals surface area contributed by atoms with Crippen molar-refractivity contribution in [3.05, 3.63) is 27.8 Å². The molecule has 88 valence electrons. The zero-order valence-electron chi connectivity index (χ0n) is 9.16. The van der Waals surface area contributed by atoms with Gasteiger partial charge in [-0.1, -0.05) is 0 Å². The van der Waals surface area contributed by atoms with Crippen LogP contribution >= 0.6 is 22.6 Å². The molecule has 1 amide bonds. The first kappa shape index (κ1) is 13.1. The molecule has 16 heavy (non-hydrogen) atoms. The molecule has 0 fully saturated rings. The topological polar surface area (TPSA) is 58.6 Å². The van der Waals surface area contributed by atoms with Gasteiger partial charge in [-0.15, -0.1) is 0 Å². The maximum Gasteiger partial charge on any atom is 0.405 e. The van der Waals surface area contributed by atoms with Crippen molar-refractivity contribution in [3.63, 3.8) is 0 Å². The Kier molecular flexibility index (Phi) is 4.40. The predicted octanol–water partition coefficient (Wildman–Crippen LogP) is 2.72. The molecule has 0 atom stereocenters. The van der Waals surface area contributed by atoms with E-state index in [4.69, 9.17) is 9.84 Å². The van der Waals surface area contributed by atoms with Crippen LogP contribution in [0.3, 0.4) is 0 Å². The summed E-state index contributed by atoms with van der Waals surface area (Å²) in [6.07, 6.45) is -1.05. The van der Waals surface area contributed by atoms with Gasteiger partial charge in [0.25, 0.3) is 0 Å². The summed E-state index contributed by atoms with van der Waals surface area (Å²) in [7, 11) is 0. The molecule has 0 aromatic heterocycles. The number of carbonyl (C=O) groups is 1. The zero-order chi connectivity index (χ0) is 12.2. The maximum atomic E-state index is 10.5. The van der Waals surface area contributed by atoms with Crippen LogP contribution in [0.25, 0.3) is 0 Å². The number of carboxylic acid groups (broad SMARTS) is 1. The van der Waals surface area contributed by atoms with Crippen molar-refractivity contribution in [2.45, 2.75) is 19.4 Å². The van der Waals surface area contributed by atoms with Crippen LogP contribution in [0.15, 0.2) is 24.3 Å². The Morgan fingerprint density at radius 2 is 2.00 bits per heavy atom. The summed E-state index contributed by atoms with van der Waals surface area (Å²) in [4.78, 5) is 10.5. The summed E-state index contributed by atoms with van der Waals surface area (Å²) < 4.78 is 6.63. The molecule has 0 heterocycles. The molecule has 0 saturated heterocycles. The van der Waals surface area contributed by atoms with Gasteiger partial charge in [0.05, 0.1) is 5.54 Å². The van der Waals surface area contributed by atoms with Crippen LogP contribution in [0, 0.1) is 3.57 Å². The predicted molar refractivity (Wildman–Crippen MR) is 69.9 cm³/mol. The standard InChI is InChI=1S/C11H14INO3/c1-11(2,13-10(14)15)7-16-9-5-3-8(12)4-6-9/h3-6,13H,7H2,1-2H3,(H,14,15). The van der Waals surface area contributed by atoms with Crippen LogP contribution in [0.1, 0.15) is 13.8 Å². The van der Waals surface area contributed by atoms with Gasteiger partial charge in [0.1, 0.15) is 12.4 Å². The van der Waals surface area contributed by atoms with Crippen LogP contribution < -0.4 is 10.1 Å². The lowest BCUT2D eigenvalue weighted by Crippen LogP contribution is -2.47. The maximum absolute atomic E-state index is 10.5. The third-order valence-corrected chi connectivity index (χ3v) is 2.58. The normalized spacial score (nSPS) is 10.9. The summed E-state index contributed by atoms with van der Waals surface area (Å²) in [5.41, 5.74) is -0.602. The van der Waals surface area contributed by atoms with Gasteiger partial charge in [0, 0.05) is 3.57 Å². The van der Waals surface area contributed by atoms with E-state index >= 15 is 0 Å². The lowest BCUT2D eigenvalue weighted by Gasteiger charge is -2.24. The molecule has 2 N–H and O–H groups in total. The van der Waals surface area contributed by atoms with E-state index in [0.29, 0.717) is 6.61 Å². The van der Waals surface area contributed by atoms with Gasteiger partial charge in [0.2, 0.25) is 0 Å². The fraction of sp³-hybridized carbons (Fsp3) is 0.364. The summed E-state index contributed by atoms with van der Waals surface area (Å²) >= 11 is 2.21. The molecule has 0 aliphatic carbocycles. The molecule has 1 aromatic rings. The minimum Gasteiger partial charge on any atom is -0.491 e. The molecule has 4 nitrogen and oxygen atoms in total. The van der Waals surface area contributed by atoms with Crippen molar-refractivity contribution in [2.24, 2.45) is 0 Å². The molecule has 1 aromatic carbocycles. The van der Waals surface area contributed by atoms with E-state index in [0.717, 1.165) is 9.32 Å². The van der Waals surface area contributed by atoms with E-state index in [1.54, 1.807) is 13.8 Å². The molecule has 0 spiro atoms. The Morgan fingerprint density at radius 3 is 2.50 bits per heavy atom. The van der Waals surface area contributed by atoms with Gasteiger partial charge in [-0.05, 0) is 60.7 Å². The van der Waals surface area contributed by atoms with Crippen LogP contribution in [-0.4, -0.2) is 23.3 Å². The average Bonchev–Trinajstić information content (AvgIpc) is 2.15. The van der Waals surface area contributed by atoms with Crippen LogP contribution in [0.2, 0.25) is 0 Å². The SMILES string of the molecule is CC(C)(COc1ccc(I)cc1)NC(=O)O. The second-order valence-electron chi connectivity index (χ2n) is 4.06. The number of hydrogen-bond donors (Lipinski definition) is 2. The van der Waals surface area contributed by atoms with Crippen LogP contribution in [0.4, 0.5) is 4.79 Å². The van der Waals surface area contributed by atoms with Gasteiger partial charge in [-0.2, -0.15) is 0 Å². The van der Waals surface area contributed by atoms with Gasteiger partial charge in [-0.25, -0.2) is 4.79 Å². The minimum absolute atomic E-state index is 0.292. The summed E-state index contributed by atoms with van der Waals surface area (Å²) in [6, 6.07) is 7.60. The fourth-order valence-corrected chi connectivity index (χ4v) is 1.48. The van der Waals surface area contributed by atoms with Crippen molar-refractivity contribution >= 4 is 28.7 Å². The Morgan fingerprint density at radius 1 is 1.44 bits per heavy atom. The number of amides is 1. The Balaban J connectivity index is 2.50. The molecule has 0 unspecified atom stereocenters. The molecule has 0 aliphatic heterocycles. The highest BCUT2D eigenvalue weighted by atomic mass is 127. The van der Waals surface area contributed by atoms with Gasteiger partial charge in [0.15, 0.2) is 0 Å². The number of nitrogens with one attached hydrogen (secondary N) is 1. The molecular formula is C11H14INO3. The van der Waals surface area contributed by atoms with Crippen LogP contribution in [-0.2, 0) is 0 Å². The molecule has 5 heteroatoms. The summed E-state index contributed by atoms with van der Waals surface area (Å²) in [6.45, 7) is 3.83. The Hall–Kier alpha value is -0.980. The lowest BCUT2D eigenvalue weighted by molar-refractivity contribution is 0.162. The first-order valence-corrected chi connectivity index (χ1v) is 5.86. The molecule has 0 radical (unpaired) electrons. The quantitative estimate of drug-likeness (QED) is 0.832. The second kappa shape index (κ2) is 5.38. The van der Waals surface area contributed by atoms with E-state index in [9.17, 15) is 4.79 Å². The van der Waals surface area contributed by atoms with E-state index in [-0.39, 0.29) is 0 Å². The Bertz CT molecular complexity index is 362. The largest absolute Gasteiger partial charge is 0.491 e. The lowest BCUT2D eigenvalue weighted by atomic mass is 10.1. The number of rotatable bonds is 4. The van der Waals surface area contributed by atoms with E-state index in [1.165, 1.54) is 0 Å². The molecular weight excluding hydrogens is 321 g/mol. The van der Waals surface area contributed by atoms with Gasteiger partial charge < -0.3 is 15.2 Å². The highest BCUT2D eigenvalue weighted by Gasteiger charge is 2.20. The van der Waals surface area contributed by atoms with Crippen LogP contribution in [0.5, 0.6) is 5.75 Å². The van der Waals surface area contributed by atoms with E-state index < -0.39 is 11.6 Å². The second-order valence-corrected chi connectivity index (χ2v) is 5.30. The zero-order valence-corrected chi connectivity index (χ0v) is 11.3. The van der Waals surface area contributed by atoms with Gasteiger partial charge in [-0.3, -0.25) is 0 Å². The molecule has 0 bridgehead atoms. The van der Waals surface area contributed by atoms with E-state index in [1.807, 2.05) is 24.3 Å². The molecule has 1 rings (SSSR count).